The number of nitrogens with one attached hydrogen (secondary N) is 2. The molecule has 0 saturated carbocycles. The fraction of sp³-hybridized carbons (Fsp3) is 0.786. The second-order valence-electron chi connectivity index (χ2n) is 5.89. The van der Waals surface area contributed by atoms with Crippen molar-refractivity contribution in [2.45, 2.75) is 25.3 Å². The lowest BCUT2D eigenvalue weighted by Gasteiger charge is -2.28. The molecule has 0 atom stereocenters. The SMILES string of the molecule is CN1CCC(c2cnc(CN3CCNCC3)[nH]2)CC1. The van der Waals surface area contributed by atoms with E-state index in [4.69, 9.17) is 0 Å². The average molecular weight is 263 g/mol. The maximum Gasteiger partial charge on any atom is 0.120 e. The van der Waals surface area contributed by atoms with Crippen molar-refractivity contribution >= 4 is 0 Å². The van der Waals surface area contributed by atoms with E-state index in [-0.39, 0.29) is 0 Å². The highest BCUT2D eigenvalue weighted by Gasteiger charge is 2.20. The van der Waals surface area contributed by atoms with Gasteiger partial charge < -0.3 is 15.2 Å². The summed E-state index contributed by atoms with van der Waals surface area (Å²) in [6.07, 6.45) is 4.57. The number of aromatic amines is 1. The van der Waals surface area contributed by atoms with Crippen LogP contribution in [-0.2, 0) is 6.54 Å². The monoisotopic (exact) mass is 263 g/mol. The topological polar surface area (TPSA) is 47.2 Å². The molecular formula is C14H25N5. The van der Waals surface area contributed by atoms with E-state index in [2.05, 4.69) is 38.3 Å². The average Bonchev–Trinajstić information content (AvgIpc) is 2.89. The highest BCUT2D eigenvalue weighted by atomic mass is 15.2. The van der Waals surface area contributed by atoms with Crippen LogP contribution in [0.15, 0.2) is 6.20 Å². The first-order chi connectivity index (χ1) is 9.31. The molecule has 2 aliphatic heterocycles. The van der Waals surface area contributed by atoms with Gasteiger partial charge in [0, 0.05) is 44.0 Å². The number of rotatable bonds is 3. The number of piperazine rings is 1. The summed E-state index contributed by atoms with van der Waals surface area (Å²) in [6.45, 7) is 7.83. The van der Waals surface area contributed by atoms with Crippen molar-refractivity contribution in [1.29, 1.82) is 0 Å². The van der Waals surface area contributed by atoms with Gasteiger partial charge in [0.15, 0.2) is 0 Å². The molecule has 106 valence electrons. The van der Waals surface area contributed by atoms with Crippen molar-refractivity contribution < 1.29 is 0 Å². The molecule has 2 saturated heterocycles. The van der Waals surface area contributed by atoms with Gasteiger partial charge in [0.2, 0.25) is 0 Å². The van der Waals surface area contributed by atoms with Crippen molar-refractivity contribution in [3.8, 4) is 0 Å². The van der Waals surface area contributed by atoms with Crippen molar-refractivity contribution in [2.24, 2.45) is 0 Å². The van der Waals surface area contributed by atoms with Crippen LogP contribution in [0.25, 0.3) is 0 Å². The quantitative estimate of drug-likeness (QED) is 0.839. The fourth-order valence-corrected chi connectivity index (χ4v) is 3.07. The number of piperidine rings is 1. The maximum absolute atomic E-state index is 4.57. The Labute approximate surface area is 115 Å². The molecule has 3 rings (SSSR count). The van der Waals surface area contributed by atoms with Crippen molar-refractivity contribution in [3.63, 3.8) is 0 Å². The molecule has 5 nitrogen and oxygen atoms in total. The Morgan fingerprint density at radius 2 is 1.95 bits per heavy atom. The van der Waals surface area contributed by atoms with Gasteiger partial charge in [-0.25, -0.2) is 4.98 Å². The Balaban J connectivity index is 1.56. The van der Waals surface area contributed by atoms with Gasteiger partial charge in [-0.2, -0.15) is 0 Å². The van der Waals surface area contributed by atoms with E-state index in [0.717, 1.165) is 38.5 Å². The minimum Gasteiger partial charge on any atom is -0.345 e. The molecule has 0 amide bonds. The summed E-state index contributed by atoms with van der Waals surface area (Å²) < 4.78 is 0. The van der Waals surface area contributed by atoms with Crippen LogP contribution in [0.4, 0.5) is 0 Å². The van der Waals surface area contributed by atoms with Crippen LogP contribution in [0, 0.1) is 0 Å². The van der Waals surface area contributed by atoms with Crippen LogP contribution in [0.1, 0.15) is 30.3 Å². The Bertz CT molecular complexity index is 388. The third-order valence-corrected chi connectivity index (χ3v) is 4.39. The number of aromatic nitrogens is 2. The molecule has 5 heteroatoms. The van der Waals surface area contributed by atoms with Crippen LogP contribution in [0.5, 0.6) is 0 Å². The third-order valence-electron chi connectivity index (χ3n) is 4.39. The summed E-state index contributed by atoms with van der Waals surface area (Å²) in [7, 11) is 2.21. The van der Waals surface area contributed by atoms with Gasteiger partial charge in [-0.3, -0.25) is 4.90 Å². The second kappa shape index (κ2) is 6.03. The summed E-state index contributed by atoms with van der Waals surface area (Å²) in [6, 6.07) is 0. The standard InChI is InChI=1S/C14H25N5/c1-18-6-2-12(3-7-18)13-10-16-14(17-13)11-19-8-4-15-5-9-19/h10,12,15H,2-9,11H2,1H3,(H,16,17). The Morgan fingerprint density at radius 3 is 2.68 bits per heavy atom. The molecule has 2 aliphatic rings. The van der Waals surface area contributed by atoms with Gasteiger partial charge in [0.1, 0.15) is 5.82 Å². The van der Waals surface area contributed by atoms with Crippen molar-refractivity contribution in [3.05, 3.63) is 17.7 Å². The lowest BCUT2D eigenvalue weighted by atomic mass is 9.94. The van der Waals surface area contributed by atoms with E-state index in [1.54, 1.807) is 0 Å². The first-order valence-corrected chi connectivity index (χ1v) is 7.46. The number of nitrogens with zero attached hydrogens (tertiary/aromatic N) is 3. The highest BCUT2D eigenvalue weighted by Crippen LogP contribution is 2.26. The summed E-state index contributed by atoms with van der Waals surface area (Å²) in [5.41, 5.74) is 1.35. The molecular weight excluding hydrogens is 238 g/mol. The van der Waals surface area contributed by atoms with E-state index in [1.165, 1.54) is 31.6 Å². The molecule has 0 aliphatic carbocycles. The third kappa shape index (κ3) is 3.35. The van der Waals surface area contributed by atoms with Gasteiger partial charge in [-0.15, -0.1) is 0 Å². The van der Waals surface area contributed by atoms with E-state index in [9.17, 15) is 0 Å². The molecule has 0 spiro atoms. The molecule has 3 heterocycles. The van der Waals surface area contributed by atoms with Gasteiger partial charge in [-0.1, -0.05) is 0 Å². The Kier molecular flexibility index (Phi) is 4.15. The molecule has 19 heavy (non-hydrogen) atoms. The predicted molar refractivity (Wildman–Crippen MR) is 76.2 cm³/mol. The summed E-state index contributed by atoms with van der Waals surface area (Å²) >= 11 is 0. The normalized spacial score (nSPS) is 23.8. The Hall–Kier alpha value is -0.910. The molecule has 0 aromatic carbocycles. The fourth-order valence-electron chi connectivity index (χ4n) is 3.07. The zero-order valence-electron chi connectivity index (χ0n) is 11.9. The van der Waals surface area contributed by atoms with E-state index >= 15 is 0 Å². The summed E-state index contributed by atoms with van der Waals surface area (Å²) in [5.74, 6) is 1.82. The molecule has 2 fully saturated rings. The lowest BCUT2D eigenvalue weighted by Crippen LogP contribution is -2.43. The van der Waals surface area contributed by atoms with Crippen LogP contribution in [0.2, 0.25) is 0 Å². The van der Waals surface area contributed by atoms with E-state index in [0.29, 0.717) is 5.92 Å². The molecule has 0 unspecified atom stereocenters. The molecule has 1 aromatic rings. The summed E-state index contributed by atoms with van der Waals surface area (Å²) in [5, 5.41) is 3.38. The first-order valence-electron chi connectivity index (χ1n) is 7.46. The van der Waals surface area contributed by atoms with Crippen LogP contribution in [-0.4, -0.2) is 66.1 Å². The predicted octanol–water partition coefficient (Wildman–Crippen LogP) is 0.624. The van der Waals surface area contributed by atoms with Gasteiger partial charge in [0.25, 0.3) is 0 Å². The molecule has 2 N–H and O–H groups in total. The smallest absolute Gasteiger partial charge is 0.120 e. The number of hydrogen-bond donors (Lipinski definition) is 2. The number of H-pyrrole nitrogens is 1. The Morgan fingerprint density at radius 1 is 1.21 bits per heavy atom. The van der Waals surface area contributed by atoms with Crippen LogP contribution >= 0.6 is 0 Å². The van der Waals surface area contributed by atoms with Crippen molar-refractivity contribution in [2.75, 3.05) is 46.3 Å². The second-order valence-corrected chi connectivity index (χ2v) is 5.89. The van der Waals surface area contributed by atoms with Gasteiger partial charge in [0.05, 0.1) is 6.54 Å². The zero-order chi connectivity index (χ0) is 13.1. The molecule has 0 radical (unpaired) electrons. The van der Waals surface area contributed by atoms with Gasteiger partial charge in [-0.05, 0) is 33.0 Å². The zero-order valence-corrected chi connectivity index (χ0v) is 11.9. The molecule has 0 bridgehead atoms. The van der Waals surface area contributed by atoms with Crippen LogP contribution in [0.3, 0.4) is 0 Å². The number of hydrogen-bond acceptors (Lipinski definition) is 4. The minimum absolute atomic E-state index is 0.681. The highest BCUT2D eigenvalue weighted by molar-refractivity contribution is 5.09. The van der Waals surface area contributed by atoms with E-state index in [1.807, 2.05) is 0 Å². The van der Waals surface area contributed by atoms with E-state index < -0.39 is 0 Å². The minimum atomic E-state index is 0.681. The van der Waals surface area contributed by atoms with Gasteiger partial charge >= 0.3 is 0 Å². The van der Waals surface area contributed by atoms with Crippen LogP contribution < -0.4 is 5.32 Å². The lowest BCUT2D eigenvalue weighted by molar-refractivity contribution is 0.228. The largest absolute Gasteiger partial charge is 0.345 e. The maximum atomic E-state index is 4.57. The summed E-state index contributed by atoms with van der Waals surface area (Å²) in [4.78, 5) is 13.0. The number of likely N-dealkylation sites (tertiary alicyclic amines) is 1. The first kappa shape index (κ1) is 13.1. The molecule has 1 aromatic heterocycles. The van der Waals surface area contributed by atoms with Crippen molar-refractivity contribution in [1.82, 2.24) is 25.1 Å². The number of imidazole rings is 1.